The minimum absolute atomic E-state index is 0.00847. The fourth-order valence-electron chi connectivity index (χ4n) is 1.79. The van der Waals surface area contributed by atoms with Gasteiger partial charge in [0.1, 0.15) is 11.5 Å². The van der Waals surface area contributed by atoms with Crippen molar-refractivity contribution in [2.24, 2.45) is 5.73 Å². The Balaban J connectivity index is 2.25. The van der Waals surface area contributed by atoms with Crippen LogP contribution in [0.1, 0.15) is 11.4 Å². The molecule has 1 aliphatic heterocycles. The highest BCUT2D eigenvalue weighted by Gasteiger charge is 2.29. The number of nitrogens with two attached hydrogens (primary N) is 1. The number of amides is 1. The van der Waals surface area contributed by atoms with Crippen molar-refractivity contribution in [3.63, 3.8) is 0 Å². The molecule has 3 N–H and O–H groups in total. The van der Waals surface area contributed by atoms with Crippen LogP contribution in [0.2, 0.25) is 0 Å². The van der Waals surface area contributed by atoms with Gasteiger partial charge in [0.25, 0.3) is 5.91 Å². The number of rotatable bonds is 2. The summed E-state index contributed by atoms with van der Waals surface area (Å²) >= 11 is 0. The average Bonchev–Trinajstić information content (AvgIpc) is 2.93. The SMILES string of the molecule is NC(=O)C1=C(c2nnn[nH]2)c2cc(F)ccc2[N]1. The van der Waals surface area contributed by atoms with Crippen LogP contribution in [0.25, 0.3) is 5.57 Å². The second-order valence-corrected chi connectivity index (χ2v) is 3.61. The molecule has 2 heterocycles. The zero-order valence-electron chi connectivity index (χ0n) is 8.88. The molecule has 1 amide bonds. The standard InChI is InChI=1S/C10H6FN6O/c11-4-1-2-6-5(3-4)7(8(13-6)9(12)18)10-14-16-17-15-10/h1-3H,(H2,12,18)(H,14,15,16,17). The number of hydrogen-bond donors (Lipinski definition) is 2. The molecule has 0 saturated carbocycles. The highest BCUT2D eigenvalue weighted by Crippen LogP contribution is 2.37. The number of primary amides is 1. The molecule has 7 nitrogen and oxygen atoms in total. The third-order valence-electron chi connectivity index (χ3n) is 2.51. The van der Waals surface area contributed by atoms with Gasteiger partial charge in [-0.3, -0.25) is 4.79 Å². The molecule has 0 atom stereocenters. The maximum absolute atomic E-state index is 13.3. The first kappa shape index (κ1) is 10.4. The summed E-state index contributed by atoms with van der Waals surface area (Å²) in [4.78, 5) is 11.4. The Morgan fingerprint density at radius 3 is 2.89 bits per heavy atom. The van der Waals surface area contributed by atoms with Crippen LogP contribution in [0.5, 0.6) is 0 Å². The van der Waals surface area contributed by atoms with Gasteiger partial charge in [-0.1, -0.05) is 0 Å². The van der Waals surface area contributed by atoms with Crippen molar-refractivity contribution in [2.45, 2.75) is 0 Å². The summed E-state index contributed by atoms with van der Waals surface area (Å²) in [6, 6.07) is 3.97. The number of aromatic nitrogens is 4. The summed E-state index contributed by atoms with van der Waals surface area (Å²) in [5.41, 5.74) is 6.45. The average molecular weight is 245 g/mol. The molecule has 18 heavy (non-hydrogen) atoms. The largest absolute Gasteiger partial charge is 0.364 e. The van der Waals surface area contributed by atoms with Crippen molar-refractivity contribution in [1.29, 1.82) is 0 Å². The Morgan fingerprint density at radius 2 is 2.22 bits per heavy atom. The van der Waals surface area contributed by atoms with Gasteiger partial charge in [0.2, 0.25) is 0 Å². The maximum atomic E-state index is 13.3. The number of benzene rings is 1. The van der Waals surface area contributed by atoms with Crippen molar-refractivity contribution in [2.75, 3.05) is 0 Å². The van der Waals surface area contributed by atoms with Crippen LogP contribution in [-0.4, -0.2) is 26.5 Å². The second kappa shape index (κ2) is 3.62. The van der Waals surface area contributed by atoms with Crippen LogP contribution >= 0.6 is 0 Å². The van der Waals surface area contributed by atoms with E-state index in [-0.39, 0.29) is 11.5 Å². The number of hydrogen-bond acceptors (Lipinski definition) is 4. The predicted molar refractivity (Wildman–Crippen MR) is 57.6 cm³/mol. The molecule has 1 aromatic carbocycles. The first-order valence-electron chi connectivity index (χ1n) is 4.96. The van der Waals surface area contributed by atoms with E-state index in [1.54, 1.807) is 0 Å². The van der Waals surface area contributed by atoms with Crippen LogP contribution in [0.15, 0.2) is 23.9 Å². The molecule has 0 saturated heterocycles. The van der Waals surface area contributed by atoms with E-state index in [9.17, 15) is 9.18 Å². The predicted octanol–water partition coefficient (Wildman–Crippen LogP) is -0.167. The lowest BCUT2D eigenvalue weighted by atomic mass is 10.0. The molecule has 89 valence electrons. The number of halogens is 1. The van der Waals surface area contributed by atoms with Gasteiger partial charge in [0.15, 0.2) is 5.82 Å². The Morgan fingerprint density at radius 1 is 1.39 bits per heavy atom. The van der Waals surface area contributed by atoms with Crippen LogP contribution in [0.4, 0.5) is 10.1 Å². The maximum Gasteiger partial charge on any atom is 0.268 e. The molecule has 0 aliphatic carbocycles. The highest BCUT2D eigenvalue weighted by atomic mass is 19.1. The Labute approximate surface area is 99.9 Å². The number of aromatic amines is 1. The molecule has 3 rings (SSSR count). The Kier molecular flexibility index (Phi) is 2.09. The first-order chi connectivity index (χ1) is 8.66. The lowest BCUT2D eigenvalue weighted by Crippen LogP contribution is -2.18. The molecule has 8 heteroatoms. The monoisotopic (exact) mass is 245 g/mol. The van der Waals surface area contributed by atoms with Crippen LogP contribution in [-0.2, 0) is 4.79 Å². The number of tetrazole rings is 1. The summed E-state index contributed by atoms with van der Waals surface area (Å²) in [6.07, 6.45) is 0. The second-order valence-electron chi connectivity index (χ2n) is 3.61. The van der Waals surface area contributed by atoms with Gasteiger partial charge in [-0.15, -0.1) is 5.10 Å². The smallest absolute Gasteiger partial charge is 0.268 e. The van der Waals surface area contributed by atoms with E-state index in [1.165, 1.54) is 18.2 Å². The van der Waals surface area contributed by atoms with E-state index >= 15 is 0 Å². The van der Waals surface area contributed by atoms with E-state index < -0.39 is 11.7 Å². The number of H-pyrrole nitrogens is 1. The third kappa shape index (κ3) is 1.43. The molecule has 0 spiro atoms. The Hall–Kier alpha value is -2.77. The van der Waals surface area contributed by atoms with Crippen molar-refractivity contribution >= 4 is 17.2 Å². The Bertz CT molecular complexity index is 663. The number of nitrogens with zero attached hydrogens (tertiary/aromatic N) is 4. The van der Waals surface area contributed by atoms with Crippen molar-refractivity contribution in [3.05, 3.63) is 41.1 Å². The molecule has 1 aromatic heterocycles. The van der Waals surface area contributed by atoms with Gasteiger partial charge in [0.05, 0.1) is 11.3 Å². The number of fused-ring (bicyclic) bond motifs is 1. The van der Waals surface area contributed by atoms with E-state index in [4.69, 9.17) is 5.73 Å². The highest BCUT2D eigenvalue weighted by molar-refractivity contribution is 6.07. The zero-order valence-corrected chi connectivity index (χ0v) is 8.88. The molecular formula is C10H6FN6O. The lowest BCUT2D eigenvalue weighted by molar-refractivity contribution is -0.114. The van der Waals surface area contributed by atoms with Gasteiger partial charge in [-0.2, -0.15) is 0 Å². The van der Waals surface area contributed by atoms with Crippen molar-refractivity contribution in [3.8, 4) is 0 Å². The fourth-order valence-corrected chi connectivity index (χ4v) is 1.79. The van der Waals surface area contributed by atoms with Crippen LogP contribution in [0, 0.1) is 5.82 Å². The molecule has 0 bridgehead atoms. The van der Waals surface area contributed by atoms with Gasteiger partial charge in [0, 0.05) is 5.56 Å². The molecule has 1 aliphatic rings. The molecular weight excluding hydrogens is 239 g/mol. The summed E-state index contributed by atoms with van der Waals surface area (Å²) in [6.45, 7) is 0. The topological polar surface area (TPSA) is 112 Å². The molecule has 2 aromatic rings. The van der Waals surface area contributed by atoms with Crippen molar-refractivity contribution in [1.82, 2.24) is 25.9 Å². The number of nitrogens with one attached hydrogen (secondary N) is 1. The summed E-state index contributed by atoms with van der Waals surface area (Å²) < 4.78 is 13.3. The quantitative estimate of drug-likeness (QED) is 0.765. The van der Waals surface area contributed by atoms with Gasteiger partial charge >= 0.3 is 0 Å². The fraction of sp³-hybridized carbons (Fsp3) is 0. The number of carbonyl (C=O) groups is 1. The van der Waals surface area contributed by atoms with Gasteiger partial charge in [-0.05, 0) is 28.6 Å². The number of carbonyl (C=O) groups excluding carboxylic acids is 1. The summed E-state index contributed by atoms with van der Waals surface area (Å²) in [5, 5.41) is 17.1. The van der Waals surface area contributed by atoms with Gasteiger partial charge < -0.3 is 5.73 Å². The van der Waals surface area contributed by atoms with Crippen LogP contribution in [0.3, 0.4) is 0 Å². The van der Waals surface area contributed by atoms with Crippen molar-refractivity contribution < 1.29 is 9.18 Å². The van der Waals surface area contributed by atoms with E-state index in [0.29, 0.717) is 16.8 Å². The molecule has 1 radical (unpaired) electrons. The first-order valence-corrected chi connectivity index (χ1v) is 4.96. The van der Waals surface area contributed by atoms with Crippen LogP contribution < -0.4 is 11.1 Å². The third-order valence-corrected chi connectivity index (χ3v) is 2.51. The lowest BCUT2D eigenvalue weighted by Gasteiger charge is -1.99. The van der Waals surface area contributed by atoms with E-state index in [1.807, 2.05) is 0 Å². The summed E-state index contributed by atoms with van der Waals surface area (Å²) in [5.74, 6) is -0.949. The molecule has 0 fully saturated rings. The summed E-state index contributed by atoms with van der Waals surface area (Å²) in [7, 11) is 0. The van der Waals surface area contributed by atoms with E-state index in [0.717, 1.165) is 0 Å². The minimum atomic E-state index is -0.724. The molecule has 0 unspecified atom stereocenters. The van der Waals surface area contributed by atoms with Gasteiger partial charge in [-0.25, -0.2) is 14.8 Å². The zero-order chi connectivity index (χ0) is 12.7. The van der Waals surface area contributed by atoms with E-state index in [2.05, 4.69) is 25.9 Å². The minimum Gasteiger partial charge on any atom is -0.364 e. The normalized spacial score (nSPS) is 13.4.